The van der Waals surface area contributed by atoms with Gasteiger partial charge in [0.15, 0.2) is 5.82 Å². The summed E-state index contributed by atoms with van der Waals surface area (Å²) in [5.41, 5.74) is 1.22. The van der Waals surface area contributed by atoms with Gasteiger partial charge in [-0.2, -0.15) is 0 Å². The third-order valence-corrected chi connectivity index (χ3v) is 6.05. The molecule has 1 aliphatic rings. The summed E-state index contributed by atoms with van der Waals surface area (Å²) in [5.74, 6) is 0.995. The van der Waals surface area contributed by atoms with Crippen molar-refractivity contribution in [1.29, 1.82) is 0 Å². The van der Waals surface area contributed by atoms with Crippen molar-refractivity contribution in [2.45, 2.75) is 37.1 Å². The highest BCUT2D eigenvalue weighted by atomic mass is 32.2. The second-order valence-electron chi connectivity index (χ2n) is 6.52. The normalized spacial score (nSPS) is 14.4. The Hall–Kier alpha value is -2.74. The van der Waals surface area contributed by atoms with Gasteiger partial charge in [-0.1, -0.05) is 18.6 Å². The fourth-order valence-electron chi connectivity index (χ4n) is 3.26. The van der Waals surface area contributed by atoms with Crippen molar-refractivity contribution in [3.8, 4) is 11.4 Å². The molecule has 0 aliphatic carbocycles. The van der Waals surface area contributed by atoms with Gasteiger partial charge in [-0.15, -0.1) is 10.2 Å². The molecule has 2 aromatic carbocycles. The van der Waals surface area contributed by atoms with Crippen LogP contribution in [0.4, 0.5) is 10.1 Å². The Kier molecular flexibility index (Phi) is 4.65. The van der Waals surface area contributed by atoms with Gasteiger partial charge < -0.3 is 4.57 Å². The first-order valence-corrected chi connectivity index (χ1v) is 10.3. The number of nitrogens with one attached hydrogen (secondary N) is 1. The van der Waals surface area contributed by atoms with Gasteiger partial charge >= 0.3 is 0 Å². The lowest BCUT2D eigenvalue weighted by atomic mass is 10.2. The van der Waals surface area contributed by atoms with E-state index in [1.54, 1.807) is 24.3 Å². The Bertz CT molecular complexity index is 1060. The molecule has 1 N–H and O–H groups in total. The van der Waals surface area contributed by atoms with Crippen LogP contribution in [-0.4, -0.2) is 23.2 Å². The van der Waals surface area contributed by atoms with Crippen molar-refractivity contribution in [2.75, 3.05) is 4.72 Å². The third kappa shape index (κ3) is 3.57. The molecule has 8 heteroatoms. The molecule has 4 rings (SSSR count). The van der Waals surface area contributed by atoms with Gasteiger partial charge in [-0.25, -0.2) is 12.8 Å². The number of sulfonamides is 1. The largest absolute Gasteiger partial charge is 0.311 e. The number of aryl methyl sites for hydroxylation is 1. The van der Waals surface area contributed by atoms with E-state index in [4.69, 9.17) is 0 Å². The van der Waals surface area contributed by atoms with E-state index in [2.05, 4.69) is 19.5 Å². The average Bonchev–Trinajstić information content (AvgIpc) is 2.90. The maximum atomic E-state index is 13.8. The number of hydrogen-bond acceptors (Lipinski definition) is 4. The van der Waals surface area contributed by atoms with Crippen LogP contribution < -0.4 is 4.72 Å². The Labute approximate surface area is 157 Å². The molecular weight excluding hydrogens is 367 g/mol. The van der Waals surface area contributed by atoms with E-state index in [0.29, 0.717) is 5.69 Å². The minimum absolute atomic E-state index is 0.359. The van der Waals surface area contributed by atoms with Crippen molar-refractivity contribution in [3.63, 3.8) is 0 Å². The summed E-state index contributed by atoms with van der Waals surface area (Å²) in [5, 5.41) is 8.58. The lowest BCUT2D eigenvalue weighted by Crippen LogP contribution is -2.14. The smallest absolute Gasteiger partial charge is 0.264 e. The van der Waals surface area contributed by atoms with Crippen LogP contribution in [0.25, 0.3) is 11.4 Å². The highest BCUT2D eigenvalue weighted by molar-refractivity contribution is 7.92. The van der Waals surface area contributed by atoms with Crippen LogP contribution in [-0.2, 0) is 23.0 Å². The Morgan fingerprint density at radius 3 is 2.52 bits per heavy atom. The number of aromatic nitrogens is 3. The summed E-state index contributed by atoms with van der Waals surface area (Å²) in [7, 11) is -3.99. The average molecular weight is 386 g/mol. The summed E-state index contributed by atoms with van der Waals surface area (Å²) in [6, 6.07) is 12.2. The van der Waals surface area contributed by atoms with E-state index < -0.39 is 15.8 Å². The van der Waals surface area contributed by atoms with Crippen LogP contribution >= 0.6 is 0 Å². The number of rotatable bonds is 4. The zero-order chi connectivity index (χ0) is 18.9. The zero-order valence-corrected chi connectivity index (χ0v) is 15.4. The minimum Gasteiger partial charge on any atom is -0.311 e. The first kappa shape index (κ1) is 17.7. The molecule has 0 saturated carbocycles. The molecule has 27 heavy (non-hydrogen) atoms. The predicted octanol–water partition coefficient (Wildman–Crippen LogP) is 3.61. The van der Waals surface area contributed by atoms with Crippen molar-refractivity contribution >= 4 is 15.7 Å². The Morgan fingerprint density at radius 1 is 0.963 bits per heavy atom. The summed E-state index contributed by atoms with van der Waals surface area (Å²) < 4.78 is 43.1. The molecule has 2 heterocycles. The van der Waals surface area contributed by atoms with Crippen molar-refractivity contribution < 1.29 is 12.8 Å². The molecule has 0 radical (unpaired) electrons. The number of anilines is 1. The zero-order valence-electron chi connectivity index (χ0n) is 14.6. The maximum Gasteiger partial charge on any atom is 0.264 e. The van der Waals surface area contributed by atoms with E-state index in [1.807, 2.05) is 0 Å². The molecule has 0 saturated heterocycles. The van der Waals surface area contributed by atoms with Crippen molar-refractivity contribution in [2.24, 2.45) is 0 Å². The lowest BCUT2D eigenvalue weighted by Gasteiger charge is -2.10. The topological polar surface area (TPSA) is 76.9 Å². The number of nitrogens with zero attached hydrogens (tertiary/aromatic N) is 3. The third-order valence-electron chi connectivity index (χ3n) is 4.63. The summed E-state index contributed by atoms with van der Waals surface area (Å²) >= 11 is 0. The molecule has 1 aromatic heterocycles. The van der Waals surface area contributed by atoms with Gasteiger partial charge in [0.1, 0.15) is 16.5 Å². The second-order valence-corrected chi connectivity index (χ2v) is 8.17. The monoisotopic (exact) mass is 386 g/mol. The number of hydrogen-bond donors (Lipinski definition) is 1. The van der Waals surface area contributed by atoms with Gasteiger partial charge in [0.05, 0.1) is 0 Å². The maximum absolute atomic E-state index is 13.8. The van der Waals surface area contributed by atoms with Crippen LogP contribution in [0.1, 0.15) is 25.1 Å². The van der Waals surface area contributed by atoms with Crippen molar-refractivity contribution in [1.82, 2.24) is 14.8 Å². The van der Waals surface area contributed by atoms with Crippen LogP contribution in [0.3, 0.4) is 0 Å². The fourth-order valence-corrected chi connectivity index (χ4v) is 4.40. The highest BCUT2D eigenvalue weighted by Crippen LogP contribution is 2.25. The first-order valence-electron chi connectivity index (χ1n) is 8.84. The van der Waals surface area contributed by atoms with E-state index in [-0.39, 0.29) is 4.90 Å². The van der Waals surface area contributed by atoms with Gasteiger partial charge in [0.25, 0.3) is 10.0 Å². The van der Waals surface area contributed by atoms with Crippen LogP contribution in [0.15, 0.2) is 53.4 Å². The molecule has 0 bridgehead atoms. The van der Waals surface area contributed by atoms with Gasteiger partial charge in [-0.05, 0) is 49.2 Å². The molecular formula is C19H19FN4O2S. The molecule has 1 aliphatic heterocycles. The van der Waals surface area contributed by atoms with Crippen LogP contribution in [0.2, 0.25) is 0 Å². The first-order chi connectivity index (χ1) is 13.0. The molecule has 3 aromatic rings. The Balaban J connectivity index is 1.58. The van der Waals surface area contributed by atoms with Gasteiger partial charge in [-0.3, -0.25) is 4.72 Å². The van der Waals surface area contributed by atoms with Crippen LogP contribution in [0, 0.1) is 5.82 Å². The number of benzene rings is 2. The summed E-state index contributed by atoms with van der Waals surface area (Å²) in [6.45, 7) is 0.888. The molecule has 6 nitrogen and oxygen atoms in total. The predicted molar refractivity (Wildman–Crippen MR) is 100 cm³/mol. The molecule has 0 fully saturated rings. The summed E-state index contributed by atoms with van der Waals surface area (Å²) in [4.78, 5) is -0.378. The molecule has 140 valence electrons. The fraction of sp³-hybridized carbons (Fsp3) is 0.263. The van der Waals surface area contributed by atoms with Crippen molar-refractivity contribution in [3.05, 3.63) is 60.2 Å². The van der Waals surface area contributed by atoms with E-state index >= 15 is 0 Å². The number of fused-ring (bicyclic) bond motifs is 1. The van der Waals surface area contributed by atoms with Gasteiger partial charge in [0.2, 0.25) is 0 Å². The summed E-state index contributed by atoms with van der Waals surface area (Å²) in [6.07, 6.45) is 4.32. The quantitative estimate of drug-likeness (QED) is 0.743. The molecule has 0 amide bonds. The van der Waals surface area contributed by atoms with Crippen LogP contribution in [0.5, 0.6) is 0 Å². The lowest BCUT2D eigenvalue weighted by molar-refractivity contribution is 0.570. The SMILES string of the molecule is O=S(=O)(Nc1ccc(-c2nnc3n2CCCCC3)cc1)c1ccccc1F. The number of halogens is 1. The van der Waals surface area contributed by atoms with E-state index in [0.717, 1.165) is 49.1 Å². The Morgan fingerprint density at radius 2 is 1.74 bits per heavy atom. The highest BCUT2D eigenvalue weighted by Gasteiger charge is 2.19. The molecule has 0 atom stereocenters. The molecule has 0 unspecified atom stereocenters. The van der Waals surface area contributed by atoms with Gasteiger partial charge in [0, 0.05) is 24.2 Å². The standard InChI is InChI=1S/C19H19FN4O2S/c20-16-6-3-4-7-17(16)27(25,26)23-15-11-9-14(10-12-15)19-22-21-18-8-2-1-5-13-24(18)19/h3-4,6-7,9-12,23H,1-2,5,8,13H2. The minimum atomic E-state index is -3.99. The second kappa shape index (κ2) is 7.11. The van der Waals surface area contributed by atoms with E-state index in [1.165, 1.54) is 24.6 Å². The molecule has 0 spiro atoms. The van der Waals surface area contributed by atoms with E-state index in [9.17, 15) is 12.8 Å².